The van der Waals surface area contributed by atoms with Gasteiger partial charge in [-0.05, 0) is 12.8 Å². The van der Waals surface area contributed by atoms with Crippen LogP contribution in [0.5, 0.6) is 0 Å². The fourth-order valence-corrected chi connectivity index (χ4v) is 3.94. The van der Waals surface area contributed by atoms with E-state index >= 15 is 0 Å². The molecule has 1 aliphatic carbocycles. The van der Waals surface area contributed by atoms with E-state index in [1.165, 1.54) is 42.8 Å². The van der Waals surface area contributed by atoms with E-state index in [4.69, 9.17) is 9.47 Å². The summed E-state index contributed by atoms with van der Waals surface area (Å²) in [6, 6.07) is 0.528. The van der Waals surface area contributed by atoms with Gasteiger partial charge < -0.3 is 14.8 Å². The smallest absolute Gasteiger partial charge is 0.279 e. The van der Waals surface area contributed by atoms with Crippen molar-refractivity contribution in [3.8, 4) is 0 Å². The van der Waals surface area contributed by atoms with Gasteiger partial charge in [-0.1, -0.05) is 25.7 Å². The fourth-order valence-electron chi connectivity index (χ4n) is 2.77. The third-order valence-electron chi connectivity index (χ3n) is 4.13. The predicted octanol–water partition coefficient (Wildman–Crippen LogP) is 1.15. The SMILES string of the molecule is COCCN(CCOC)S(=O)(=O)NCCNC1CCCCCC1.Cl. The lowest BCUT2D eigenvalue weighted by atomic mass is 10.1. The molecule has 0 aromatic rings. The van der Waals surface area contributed by atoms with Crippen LogP contribution in [-0.4, -0.2) is 72.4 Å². The van der Waals surface area contributed by atoms with E-state index in [0.29, 0.717) is 45.4 Å². The van der Waals surface area contributed by atoms with Crippen LogP contribution >= 0.6 is 12.4 Å². The molecule has 1 rings (SSSR count). The molecular weight excluding hydrogens is 354 g/mol. The summed E-state index contributed by atoms with van der Waals surface area (Å²) in [6.45, 7) is 2.44. The van der Waals surface area contributed by atoms with E-state index in [-0.39, 0.29) is 12.4 Å². The summed E-state index contributed by atoms with van der Waals surface area (Å²) in [5, 5.41) is 3.46. The number of halogens is 1. The second kappa shape index (κ2) is 14.2. The number of rotatable bonds is 12. The van der Waals surface area contributed by atoms with Crippen molar-refractivity contribution in [1.82, 2.24) is 14.3 Å². The molecule has 146 valence electrons. The van der Waals surface area contributed by atoms with E-state index in [1.54, 1.807) is 14.2 Å². The molecule has 0 aliphatic heterocycles. The minimum absolute atomic E-state index is 0. The molecular formula is C15H34ClN3O4S. The number of methoxy groups -OCH3 is 2. The van der Waals surface area contributed by atoms with Crippen LogP contribution in [0, 0.1) is 0 Å². The van der Waals surface area contributed by atoms with Crippen LogP contribution in [0.25, 0.3) is 0 Å². The molecule has 0 radical (unpaired) electrons. The lowest BCUT2D eigenvalue weighted by Crippen LogP contribution is -2.46. The first-order chi connectivity index (χ1) is 11.1. The summed E-state index contributed by atoms with van der Waals surface area (Å²) in [6.07, 6.45) is 7.56. The highest BCUT2D eigenvalue weighted by Gasteiger charge is 2.21. The number of hydrogen-bond donors (Lipinski definition) is 2. The van der Waals surface area contributed by atoms with Crippen LogP contribution in [-0.2, 0) is 19.7 Å². The van der Waals surface area contributed by atoms with Crippen molar-refractivity contribution >= 4 is 22.6 Å². The van der Waals surface area contributed by atoms with E-state index in [0.717, 1.165) is 0 Å². The molecule has 0 aromatic heterocycles. The van der Waals surface area contributed by atoms with Gasteiger partial charge in [-0.3, -0.25) is 0 Å². The highest BCUT2D eigenvalue weighted by molar-refractivity contribution is 7.87. The van der Waals surface area contributed by atoms with Crippen molar-refractivity contribution in [2.75, 3.05) is 53.6 Å². The van der Waals surface area contributed by atoms with Crippen molar-refractivity contribution < 1.29 is 17.9 Å². The zero-order valence-corrected chi connectivity index (χ0v) is 16.6. The maximum Gasteiger partial charge on any atom is 0.279 e. The van der Waals surface area contributed by atoms with Crippen molar-refractivity contribution in [1.29, 1.82) is 0 Å². The van der Waals surface area contributed by atoms with Gasteiger partial charge in [0.25, 0.3) is 10.2 Å². The zero-order chi connectivity index (χ0) is 17.0. The molecule has 24 heavy (non-hydrogen) atoms. The monoisotopic (exact) mass is 387 g/mol. The Morgan fingerprint density at radius 2 is 1.50 bits per heavy atom. The average molecular weight is 388 g/mol. The van der Waals surface area contributed by atoms with Gasteiger partial charge in [0.1, 0.15) is 0 Å². The third kappa shape index (κ3) is 10.1. The molecule has 0 bridgehead atoms. The van der Waals surface area contributed by atoms with Gasteiger partial charge in [0, 0.05) is 46.4 Å². The van der Waals surface area contributed by atoms with Gasteiger partial charge in [0.05, 0.1) is 13.2 Å². The lowest BCUT2D eigenvalue weighted by molar-refractivity contribution is 0.149. The molecule has 0 heterocycles. The number of hydrogen-bond acceptors (Lipinski definition) is 5. The van der Waals surface area contributed by atoms with Crippen LogP contribution in [0.4, 0.5) is 0 Å². The molecule has 7 nitrogen and oxygen atoms in total. The van der Waals surface area contributed by atoms with Gasteiger partial charge in [0.15, 0.2) is 0 Å². The van der Waals surface area contributed by atoms with Gasteiger partial charge in [-0.2, -0.15) is 12.7 Å². The number of nitrogens with zero attached hydrogens (tertiary/aromatic N) is 1. The topological polar surface area (TPSA) is 79.9 Å². The molecule has 0 saturated heterocycles. The Bertz CT molecular complexity index is 382. The van der Waals surface area contributed by atoms with E-state index in [1.807, 2.05) is 0 Å². The Kier molecular flexibility index (Phi) is 14.3. The van der Waals surface area contributed by atoms with Gasteiger partial charge in [-0.25, -0.2) is 4.72 Å². The maximum absolute atomic E-state index is 12.3. The summed E-state index contributed by atoms with van der Waals surface area (Å²) in [4.78, 5) is 0. The zero-order valence-electron chi connectivity index (χ0n) is 15.0. The van der Waals surface area contributed by atoms with Crippen LogP contribution in [0.2, 0.25) is 0 Å². The van der Waals surface area contributed by atoms with Crippen molar-refractivity contribution in [2.24, 2.45) is 0 Å². The van der Waals surface area contributed by atoms with Crippen LogP contribution in [0.15, 0.2) is 0 Å². The third-order valence-corrected chi connectivity index (χ3v) is 5.74. The average Bonchev–Trinajstić information content (AvgIpc) is 2.80. The van der Waals surface area contributed by atoms with Crippen LogP contribution in [0.1, 0.15) is 38.5 Å². The summed E-state index contributed by atoms with van der Waals surface area (Å²) < 4.78 is 38.6. The van der Waals surface area contributed by atoms with Crippen LogP contribution < -0.4 is 10.0 Å². The van der Waals surface area contributed by atoms with Gasteiger partial charge in [0.2, 0.25) is 0 Å². The predicted molar refractivity (Wildman–Crippen MR) is 99.0 cm³/mol. The van der Waals surface area contributed by atoms with Crippen molar-refractivity contribution in [3.05, 3.63) is 0 Å². The Labute approximate surface area is 153 Å². The first kappa shape index (κ1) is 24.0. The lowest BCUT2D eigenvalue weighted by Gasteiger charge is -2.22. The molecule has 0 atom stereocenters. The van der Waals surface area contributed by atoms with Crippen molar-refractivity contribution in [3.63, 3.8) is 0 Å². The Balaban J connectivity index is 0.00000529. The molecule has 1 aliphatic rings. The maximum atomic E-state index is 12.3. The molecule has 1 saturated carbocycles. The van der Waals surface area contributed by atoms with Crippen molar-refractivity contribution in [2.45, 2.75) is 44.6 Å². The summed E-state index contributed by atoms with van der Waals surface area (Å²) in [5.41, 5.74) is 0. The summed E-state index contributed by atoms with van der Waals surface area (Å²) in [5.74, 6) is 0. The van der Waals surface area contributed by atoms with E-state index < -0.39 is 10.2 Å². The Hall–Kier alpha value is 0.0400. The van der Waals surface area contributed by atoms with Gasteiger partial charge >= 0.3 is 0 Å². The standard InChI is InChI=1S/C15H33N3O4S.ClH/c1-21-13-11-18(12-14-22-2)23(19,20)17-10-9-16-15-7-5-3-4-6-8-15;/h15-17H,3-14H2,1-2H3;1H. The first-order valence-corrected chi connectivity index (χ1v) is 10.00. The second-order valence-corrected chi connectivity index (χ2v) is 7.68. The largest absolute Gasteiger partial charge is 0.383 e. The normalized spacial score (nSPS) is 16.8. The molecule has 2 N–H and O–H groups in total. The van der Waals surface area contributed by atoms with Gasteiger partial charge in [-0.15, -0.1) is 12.4 Å². The van der Waals surface area contributed by atoms with Crippen LogP contribution in [0.3, 0.4) is 0 Å². The Morgan fingerprint density at radius 1 is 0.958 bits per heavy atom. The highest BCUT2D eigenvalue weighted by atomic mass is 35.5. The summed E-state index contributed by atoms with van der Waals surface area (Å²) >= 11 is 0. The quantitative estimate of drug-likeness (QED) is 0.388. The minimum Gasteiger partial charge on any atom is -0.383 e. The molecule has 0 aromatic carbocycles. The molecule has 1 fully saturated rings. The summed E-state index contributed by atoms with van der Waals surface area (Å²) in [7, 11) is -0.372. The number of ether oxygens (including phenoxy) is 2. The second-order valence-electron chi connectivity index (χ2n) is 5.93. The fraction of sp³-hybridized carbons (Fsp3) is 1.00. The van der Waals surface area contributed by atoms with E-state index in [2.05, 4.69) is 10.0 Å². The van der Waals surface area contributed by atoms with E-state index in [9.17, 15) is 8.42 Å². The first-order valence-electron chi connectivity index (χ1n) is 8.56. The molecule has 0 spiro atoms. The molecule has 0 unspecified atom stereocenters. The Morgan fingerprint density at radius 3 is 2.00 bits per heavy atom. The molecule has 0 amide bonds. The highest BCUT2D eigenvalue weighted by Crippen LogP contribution is 2.16. The molecule has 9 heteroatoms. The number of nitrogens with one attached hydrogen (secondary N) is 2. The minimum atomic E-state index is -3.49.